The Morgan fingerprint density at radius 3 is 2.68 bits per heavy atom. The minimum absolute atomic E-state index is 0.225. The predicted molar refractivity (Wildman–Crippen MR) is 85.1 cm³/mol. The zero-order valence-corrected chi connectivity index (χ0v) is 12.3. The molecule has 1 aliphatic heterocycles. The maximum atomic E-state index is 11.4. The Labute approximate surface area is 128 Å². The average molecular weight is 298 g/mol. The molecular formula is C17H18N2O3. The lowest BCUT2D eigenvalue weighted by atomic mass is 10.0. The number of carboxylic acid groups (broad SMARTS) is 1. The number of nitrogens with two attached hydrogens (primary N) is 1. The van der Waals surface area contributed by atoms with Gasteiger partial charge in [-0.15, -0.1) is 0 Å². The van der Waals surface area contributed by atoms with Gasteiger partial charge in [0.15, 0.2) is 0 Å². The summed E-state index contributed by atoms with van der Waals surface area (Å²) in [6.07, 6.45) is -0.225. The van der Waals surface area contributed by atoms with Crippen LogP contribution in [0.25, 0.3) is 0 Å². The van der Waals surface area contributed by atoms with E-state index in [1.165, 1.54) is 0 Å². The van der Waals surface area contributed by atoms with Gasteiger partial charge >= 0.3 is 5.97 Å². The van der Waals surface area contributed by atoms with Crippen molar-refractivity contribution in [3.05, 3.63) is 54.1 Å². The number of nitrogens with zero attached hydrogens (tertiary/aromatic N) is 1. The first-order valence-electron chi connectivity index (χ1n) is 7.17. The number of carboxylic acids is 1. The molecule has 1 aliphatic rings. The third kappa shape index (κ3) is 2.45. The molecule has 0 saturated heterocycles. The fraction of sp³-hybridized carbons (Fsp3) is 0.235. The number of aliphatic carboxylic acids is 1. The standard InChI is InChI=1S/C17H18N2O3/c1-11(17(20)21)19-10-15(12-6-3-2-4-7-12)22-14-9-5-8-13(18)16(14)19/h2-9,11,15H,10,18H2,1H3,(H,20,21). The highest BCUT2D eigenvalue weighted by atomic mass is 16.5. The Kier molecular flexibility index (Phi) is 3.63. The molecule has 0 aliphatic carbocycles. The van der Waals surface area contributed by atoms with Gasteiger partial charge in [-0.25, -0.2) is 4.79 Å². The Morgan fingerprint density at radius 2 is 2.00 bits per heavy atom. The molecule has 0 fully saturated rings. The Morgan fingerprint density at radius 1 is 1.27 bits per heavy atom. The molecule has 0 bridgehead atoms. The molecule has 2 atom stereocenters. The van der Waals surface area contributed by atoms with Gasteiger partial charge in [-0.2, -0.15) is 0 Å². The second-order valence-electron chi connectivity index (χ2n) is 5.38. The summed E-state index contributed by atoms with van der Waals surface area (Å²) in [5.41, 5.74) is 8.23. The molecule has 0 aromatic heterocycles. The molecule has 3 rings (SSSR count). The van der Waals surface area contributed by atoms with E-state index in [2.05, 4.69) is 0 Å². The maximum absolute atomic E-state index is 11.4. The molecular weight excluding hydrogens is 280 g/mol. The molecule has 1 heterocycles. The maximum Gasteiger partial charge on any atom is 0.326 e. The van der Waals surface area contributed by atoms with Gasteiger partial charge in [-0.1, -0.05) is 36.4 Å². The highest BCUT2D eigenvalue weighted by molar-refractivity contribution is 5.84. The first kappa shape index (κ1) is 14.3. The Hall–Kier alpha value is -2.69. The molecule has 0 spiro atoms. The number of hydrogen-bond donors (Lipinski definition) is 2. The van der Waals surface area contributed by atoms with E-state index >= 15 is 0 Å². The van der Waals surface area contributed by atoms with E-state index in [9.17, 15) is 9.90 Å². The summed E-state index contributed by atoms with van der Waals surface area (Å²) in [7, 11) is 0. The van der Waals surface area contributed by atoms with Crippen molar-refractivity contribution in [1.82, 2.24) is 0 Å². The third-order valence-electron chi connectivity index (χ3n) is 3.95. The fourth-order valence-corrected chi connectivity index (χ4v) is 2.73. The van der Waals surface area contributed by atoms with Crippen LogP contribution >= 0.6 is 0 Å². The van der Waals surface area contributed by atoms with Crippen molar-refractivity contribution >= 4 is 17.3 Å². The first-order valence-corrected chi connectivity index (χ1v) is 7.17. The summed E-state index contributed by atoms with van der Waals surface area (Å²) >= 11 is 0. The van der Waals surface area contributed by atoms with Gasteiger partial charge in [0.1, 0.15) is 23.6 Å². The lowest BCUT2D eigenvalue weighted by Gasteiger charge is -2.39. The first-order chi connectivity index (χ1) is 10.6. The lowest BCUT2D eigenvalue weighted by Crippen LogP contribution is -2.45. The van der Waals surface area contributed by atoms with Gasteiger partial charge in [0.25, 0.3) is 0 Å². The summed E-state index contributed by atoms with van der Waals surface area (Å²) in [6.45, 7) is 2.10. The van der Waals surface area contributed by atoms with E-state index in [1.807, 2.05) is 42.5 Å². The van der Waals surface area contributed by atoms with Crippen molar-refractivity contribution in [2.24, 2.45) is 0 Å². The molecule has 22 heavy (non-hydrogen) atoms. The van der Waals surface area contributed by atoms with E-state index in [4.69, 9.17) is 10.5 Å². The highest BCUT2D eigenvalue weighted by Gasteiger charge is 2.33. The van der Waals surface area contributed by atoms with Gasteiger partial charge in [0.05, 0.1) is 12.2 Å². The average Bonchev–Trinajstić information content (AvgIpc) is 2.54. The largest absolute Gasteiger partial charge is 0.482 e. The molecule has 5 heteroatoms. The molecule has 2 aromatic carbocycles. The van der Waals surface area contributed by atoms with E-state index < -0.39 is 12.0 Å². The van der Waals surface area contributed by atoms with Crippen LogP contribution in [-0.4, -0.2) is 23.7 Å². The van der Waals surface area contributed by atoms with Crippen LogP contribution in [0.15, 0.2) is 48.5 Å². The molecule has 114 valence electrons. The second kappa shape index (κ2) is 5.60. The zero-order chi connectivity index (χ0) is 15.7. The lowest BCUT2D eigenvalue weighted by molar-refractivity contribution is -0.138. The number of benzene rings is 2. The minimum Gasteiger partial charge on any atom is -0.482 e. The van der Waals surface area contributed by atoms with E-state index in [0.717, 1.165) is 5.56 Å². The summed E-state index contributed by atoms with van der Waals surface area (Å²) in [4.78, 5) is 13.2. The van der Waals surface area contributed by atoms with E-state index in [1.54, 1.807) is 17.9 Å². The topological polar surface area (TPSA) is 75.8 Å². The van der Waals surface area contributed by atoms with Crippen molar-refractivity contribution in [3.63, 3.8) is 0 Å². The number of para-hydroxylation sites is 1. The van der Waals surface area contributed by atoms with E-state index in [0.29, 0.717) is 23.7 Å². The van der Waals surface area contributed by atoms with Crippen LogP contribution in [0, 0.1) is 0 Å². The van der Waals surface area contributed by atoms with Gasteiger partial charge in [0, 0.05) is 0 Å². The predicted octanol–water partition coefficient (Wildman–Crippen LogP) is 2.68. The molecule has 0 radical (unpaired) electrons. The Bertz CT molecular complexity index is 688. The van der Waals surface area contributed by atoms with Crippen LogP contribution in [-0.2, 0) is 4.79 Å². The van der Waals surface area contributed by atoms with Crippen molar-refractivity contribution in [2.75, 3.05) is 17.2 Å². The molecule has 3 N–H and O–H groups in total. The number of anilines is 2. The van der Waals surface area contributed by atoms with Gasteiger partial charge < -0.3 is 20.5 Å². The fourth-order valence-electron chi connectivity index (χ4n) is 2.73. The minimum atomic E-state index is -0.886. The normalized spacial score (nSPS) is 18.2. The molecule has 2 unspecified atom stereocenters. The van der Waals surface area contributed by atoms with Gasteiger partial charge in [-0.05, 0) is 24.6 Å². The number of ether oxygens (including phenoxy) is 1. The van der Waals surface area contributed by atoms with Crippen molar-refractivity contribution in [3.8, 4) is 5.75 Å². The second-order valence-corrected chi connectivity index (χ2v) is 5.38. The van der Waals surface area contributed by atoms with Crippen LogP contribution < -0.4 is 15.4 Å². The van der Waals surface area contributed by atoms with Crippen molar-refractivity contribution in [1.29, 1.82) is 0 Å². The van der Waals surface area contributed by atoms with Crippen molar-refractivity contribution in [2.45, 2.75) is 19.1 Å². The Balaban J connectivity index is 2.04. The van der Waals surface area contributed by atoms with Crippen LogP contribution in [0.5, 0.6) is 5.75 Å². The summed E-state index contributed by atoms with van der Waals surface area (Å²) < 4.78 is 6.04. The van der Waals surface area contributed by atoms with Crippen LogP contribution in [0.3, 0.4) is 0 Å². The van der Waals surface area contributed by atoms with Crippen molar-refractivity contribution < 1.29 is 14.6 Å². The molecule has 2 aromatic rings. The number of fused-ring (bicyclic) bond motifs is 1. The molecule has 5 nitrogen and oxygen atoms in total. The van der Waals surface area contributed by atoms with Crippen LogP contribution in [0.2, 0.25) is 0 Å². The number of hydrogen-bond acceptors (Lipinski definition) is 4. The van der Waals surface area contributed by atoms with Crippen LogP contribution in [0.4, 0.5) is 11.4 Å². The van der Waals surface area contributed by atoms with E-state index in [-0.39, 0.29) is 6.10 Å². The third-order valence-corrected chi connectivity index (χ3v) is 3.95. The summed E-state index contributed by atoms with van der Waals surface area (Å²) in [5.74, 6) is -0.267. The highest BCUT2D eigenvalue weighted by Crippen LogP contribution is 2.42. The van der Waals surface area contributed by atoms with Crippen LogP contribution in [0.1, 0.15) is 18.6 Å². The number of carbonyl (C=O) groups is 1. The number of rotatable bonds is 3. The monoisotopic (exact) mass is 298 g/mol. The number of nitrogen functional groups attached to an aromatic ring is 1. The molecule has 0 amide bonds. The quantitative estimate of drug-likeness (QED) is 0.852. The van der Waals surface area contributed by atoms with Gasteiger partial charge in [-0.3, -0.25) is 0 Å². The summed E-state index contributed by atoms with van der Waals surface area (Å²) in [5, 5.41) is 9.38. The summed E-state index contributed by atoms with van der Waals surface area (Å²) in [6, 6.07) is 14.5. The smallest absolute Gasteiger partial charge is 0.326 e. The zero-order valence-electron chi connectivity index (χ0n) is 12.3. The van der Waals surface area contributed by atoms with Gasteiger partial charge in [0.2, 0.25) is 0 Å². The SMILES string of the molecule is CC(C(=O)O)N1CC(c2ccccc2)Oc2cccc(N)c21. The molecule has 0 saturated carbocycles.